The van der Waals surface area contributed by atoms with E-state index in [4.69, 9.17) is 32.9 Å². The van der Waals surface area contributed by atoms with Crippen LogP contribution >= 0.6 is 23.2 Å². The van der Waals surface area contributed by atoms with Crippen LogP contribution in [0.5, 0.6) is 5.75 Å². The lowest BCUT2D eigenvalue weighted by molar-refractivity contribution is 0.104. The molecule has 43 heavy (non-hydrogen) atoms. The molecule has 6 aromatic rings. The number of nitrogens with one attached hydrogen (secondary N) is 1. The van der Waals surface area contributed by atoms with Gasteiger partial charge in [-0.15, -0.1) is 0 Å². The number of fused-ring (bicyclic) bond motifs is 2. The molecular formula is C35H29Cl2N3O3. The summed E-state index contributed by atoms with van der Waals surface area (Å²) < 4.78 is 7.28. The van der Waals surface area contributed by atoms with Crippen LogP contribution in [0.25, 0.3) is 39.1 Å². The summed E-state index contributed by atoms with van der Waals surface area (Å²) in [6.07, 6.45) is 3.02. The summed E-state index contributed by atoms with van der Waals surface area (Å²) in [6, 6.07) is 27.8. The topological polar surface area (TPSA) is 77.0 Å². The highest BCUT2D eigenvalue weighted by Gasteiger charge is 2.20. The predicted octanol–water partition coefficient (Wildman–Crippen LogP) is 8.83. The Kier molecular flexibility index (Phi) is 9.10. The van der Waals surface area contributed by atoms with Crippen molar-refractivity contribution in [2.75, 3.05) is 7.11 Å². The number of hydrogen-bond donors (Lipinski definition) is 1. The molecule has 8 heteroatoms. The minimum absolute atomic E-state index is 0.0306. The fourth-order valence-electron chi connectivity index (χ4n) is 4.97. The van der Waals surface area contributed by atoms with Crippen molar-refractivity contribution in [1.82, 2.24) is 14.5 Å². The second-order valence-electron chi connectivity index (χ2n) is 9.49. The number of aromatic nitrogens is 3. The molecule has 1 N–H and O–H groups in total. The summed E-state index contributed by atoms with van der Waals surface area (Å²) in [5, 5.41) is 1.75. The molecule has 0 fully saturated rings. The molecule has 6 rings (SSSR count). The van der Waals surface area contributed by atoms with Crippen molar-refractivity contribution in [3.05, 3.63) is 134 Å². The predicted molar refractivity (Wildman–Crippen MR) is 177 cm³/mol. The van der Waals surface area contributed by atoms with E-state index in [0.717, 1.165) is 22.4 Å². The van der Waals surface area contributed by atoms with Gasteiger partial charge in [-0.1, -0.05) is 79.5 Å². The molecule has 0 bridgehead atoms. The molecule has 0 unspecified atom stereocenters. The molecule has 216 valence electrons. The molecule has 0 spiro atoms. The van der Waals surface area contributed by atoms with Crippen LogP contribution in [-0.2, 0) is 6.54 Å². The molecule has 2 aromatic heterocycles. The van der Waals surface area contributed by atoms with Crippen LogP contribution in [0.3, 0.4) is 0 Å². The Morgan fingerprint density at radius 1 is 0.930 bits per heavy atom. The molecule has 0 atom stereocenters. The molecule has 4 aromatic carbocycles. The van der Waals surface area contributed by atoms with Crippen LogP contribution in [0.15, 0.2) is 102 Å². The Hall–Kier alpha value is -4.65. The summed E-state index contributed by atoms with van der Waals surface area (Å²) in [5.74, 6) is 0.860. The number of methoxy groups -OCH3 is 1. The third kappa shape index (κ3) is 6.26. The Morgan fingerprint density at radius 2 is 1.63 bits per heavy atom. The van der Waals surface area contributed by atoms with Crippen LogP contribution in [0, 0.1) is 0 Å². The van der Waals surface area contributed by atoms with Gasteiger partial charge in [-0.25, -0.2) is 4.98 Å². The number of hydrogen-bond acceptors (Lipinski definition) is 4. The van der Waals surface area contributed by atoms with Gasteiger partial charge in [0.15, 0.2) is 5.78 Å². The van der Waals surface area contributed by atoms with Crippen LogP contribution in [0.4, 0.5) is 0 Å². The van der Waals surface area contributed by atoms with Crippen LogP contribution in [0.2, 0.25) is 10.0 Å². The molecule has 0 saturated carbocycles. The molecular weight excluding hydrogens is 581 g/mol. The quantitative estimate of drug-likeness (QED) is 0.145. The van der Waals surface area contributed by atoms with E-state index in [2.05, 4.69) is 4.98 Å². The van der Waals surface area contributed by atoms with Crippen molar-refractivity contribution in [3.63, 3.8) is 0 Å². The van der Waals surface area contributed by atoms with Gasteiger partial charge in [0.25, 0.3) is 5.56 Å². The number of benzene rings is 4. The Bertz CT molecular complexity index is 2010. The number of aromatic amines is 1. The van der Waals surface area contributed by atoms with Gasteiger partial charge >= 0.3 is 0 Å². The highest BCUT2D eigenvalue weighted by atomic mass is 35.5. The number of rotatable bonds is 7. The molecule has 0 aliphatic carbocycles. The zero-order valence-electron chi connectivity index (χ0n) is 23.9. The molecule has 2 heterocycles. The number of allylic oxidation sites excluding steroid dienone is 1. The SMILES string of the molecule is CC.COc1ccc(Cn2c(/C=C/C(=O)c3c(-c4ccccc4)c4cc(Cl)ccc4[nH]c3=O)nc3cc(Cl)ccc32)cc1. The maximum atomic E-state index is 13.8. The molecule has 0 saturated heterocycles. The van der Waals surface area contributed by atoms with Crippen LogP contribution in [0.1, 0.15) is 35.6 Å². The van der Waals surface area contributed by atoms with Gasteiger partial charge in [0.2, 0.25) is 0 Å². The second-order valence-corrected chi connectivity index (χ2v) is 10.4. The molecule has 0 radical (unpaired) electrons. The summed E-state index contributed by atoms with van der Waals surface area (Å²) in [6.45, 7) is 4.50. The summed E-state index contributed by atoms with van der Waals surface area (Å²) >= 11 is 12.6. The molecule has 0 aliphatic rings. The van der Waals surface area contributed by atoms with Crippen LogP contribution < -0.4 is 10.3 Å². The third-order valence-corrected chi connectivity index (χ3v) is 7.38. The minimum Gasteiger partial charge on any atom is -0.497 e. The number of halogens is 2. The van der Waals surface area contributed by atoms with E-state index in [1.807, 2.05) is 79.1 Å². The van der Waals surface area contributed by atoms with E-state index in [0.29, 0.717) is 44.4 Å². The lowest BCUT2D eigenvalue weighted by Gasteiger charge is -2.12. The lowest BCUT2D eigenvalue weighted by Crippen LogP contribution is -2.18. The van der Waals surface area contributed by atoms with Crippen molar-refractivity contribution >= 4 is 57.0 Å². The smallest absolute Gasteiger partial charge is 0.260 e. The maximum Gasteiger partial charge on any atom is 0.260 e. The van der Waals surface area contributed by atoms with Gasteiger partial charge in [-0.3, -0.25) is 9.59 Å². The van der Waals surface area contributed by atoms with Gasteiger partial charge in [-0.05, 0) is 71.8 Å². The van der Waals surface area contributed by atoms with Crippen molar-refractivity contribution < 1.29 is 9.53 Å². The Morgan fingerprint density at radius 3 is 2.35 bits per heavy atom. The number of nitrogens with zero attached hydrogens (tertiary/aromatic N) is 2. The number of pyridine rings is 1. The van der Waals surface area contributed by atoms with Crippen molar-refractivity contribution in [1.29, 1.82) is 0 Å². The van der Waals surface area contributed by atoms with E-state index in [1.165, 1.54) is 6.08 Å². The summed E-state index contributed by atoms with van der Waals surface area (Å²) in [4.78, 5) is 34.7. The third-order valence-electron chi connectivity index (χ3n) is 6.91. The number of H-pyrrole nitrogens is 1. The zero-order valence-corrected chi connectivity index (χ0v) is 25.4. The van der Waals surface area contributed by atoms with Crippen LogP contribution in [-0.4, -0.2) is 27.4 Å². The first-order valence-corrected chi connectivity index (χ1v) is 14.6. The van der Waals surface area contributed by atoms with E-state index < -0.39 is 11.3 Å². The first kappa shape index (κ1) is 29.8. The Labute approximate surface area is 259 Å². The average Bonchev–Trinajstić information content (AvgIpc) is 3.37. The number of ether oxygens (including phenoxy) is 1. The largest absolute Gasteiger partial charge is 0.497 e. The van der Waals surface area contributed by atoms with E-state index >= 15 is 0 Å². The van der Waals surface area contributed by atoms with Gasteiger partial charge in [0.05, 0.1) is 23.7 Å². The average molecular weight is 611 g/mol. The fraction of sp³-hybridized carbons (Fsp3) is 0.114. The number of ketones is 1. The molecule has 0 aliphatic heterocycles. The van der Waals surface area contributed by atoms with E-state index in [-0.39, 0.29) is 5.56 Å². The number of carbonyl (C=O) groups excluding carboxylic acids is 1. The molecule has 0 amide bonds. The first-order chi connectivity index (χ1) is 20.9. The standard InChI is InChI=1S/C33H23Cl2N3O3.C2H6/c1-41-24-11-7-20(8-12-24)19-38-28-14-10-23(35)18-27(28)36-30(38)16-15-29(39)32-31(21-5-3-2-4-6-21)25-17-22(34)9-13-26(25)37-33(32)40;1-2/h2-18H,19H2,1H3,(H,37,40);1-2H3/b16-15+;. The van der Waals surface area contributed by atoms with E-state index in [9.17, 15) is 9.59 Å². The summed E-state index contributed by atoms with van der Waals surface area (Å²) in [5.41, 5.74) is 3.99. The Balaban J connectivity index is 0.00000180. The first-order valence-electron chi connectivity index (χ1n) is 13.8. The summed E-state index contributed by atoms with van der Waals surface area (Å²) in [7, 11) is 1.63. The number of imidazole rings is 1. The molecule has 6 nitrogen and oxygen atoms in total. The van der Waals surface area contributed by atoms with Gasteiger partial charge in [0.1, 0.15) is 11.6 Å². The highest BCUT2D eigenvalue weighted by molar-refractivity contribution is 6.32. The van der Waals surface area contributed by atoms with Gasteiger partial charge in [0, 0.05) is 33.1 Å². The van der Waals surface area contributed by atoms with Crippen molar-refractivity contribution in [2.24, 2.45) is 0 Å². The second kappa shape index (κ2) is 13.1. The maximum absolute atomic E-state index is 13.8. The minimum atomic E-state index is -0.480. The monoisotopic (exact) mass is 609 g/mol. The van der Waals surface area contributed by atoms with Gasteiger partial charge < -0.3 is 14.3 Å². The van der Waals surface area contributed by atoms with E-state index in [1.54, 1.807) is 43.5 Å². The highest BCUT2D eigenvalue weighted by Crippen LogP contribution is 2.32. The van der Waals surface area contributed by atoms with Gasteiger partial charge in [-0.2, -0.15) is 0 Å². The van der Waals surface area contributed by atoms with Crippen molar-refractivity contribution in [2.45, 2.75) is 20.4 Å². The lowest BCUT2D eigenvalue weighted by atomic mass is 9.94. The fourth-order valence-corrected chi connectivity index (χ4v) is 5.31. The number of carbonyl (C=O) groups is 1. The zero-order chi connectivity index (χ0) is 30.5. The normalized spacial score (nSPS) is 11.1. The van der Waals surface area contributed by atoms with Crippen molar-refractivity contribution in [3.8, 4) is 16.9 Å².